The minimum atomic E-state index is -2.27. The Hall–Kier alpha value is -4.95. The van der Waals surface area contributed by atoms with E-state index in [0.29, 0.717) is 24.9 Å². The number of benzene rings is 2. The lowest BCUT2D eigenvalue weighted by Crippen LogP contribution is -2.74. The van der Waals surface area contributed by atoms with E-state index in [-0.39, 0.29) is 35.3 Å². The SMILES string of the molecule is CC(=O)O[C@@H](C(=O)O)[C@@H](OC(C)=O)C(=O)O[C@H](C(=O)OC1=CC[C@@]2(O)[C@H]3Cc4ccc(O)c5c4[C@@]2(CCN3C)[C@H]1O5)c1ccccc1. The molecule has 14 heteroatoms. The van der Waals surface area contributed by atoms with Crippen molar-refractivity contribution in [3.8, 4) is 11.5 Å². The molecule has 7 atom stereocenters. The van der Waals surface area contributed by atoms with Crippen molar-refractivity contribution in [1.29, 1.82) is 0 Å². The van der Waals surface area contributed by atoms with Crippen molar-refractivity contribution in [2.75, 3.05) is 13.6 Å². The van der Waals surface area contributed by atoms with Crippen molar-refractivity contribution in [2.45, 2.75) is 74.6 Å². The molecule has 2 bridgehead atoms. The largest absolute Gasteiger partial charge is 0.504 e. The van der Waals surface area contributed by atoms with Crippen LogP contribution in [0.25, 0.3) is 0 Å². The number of carbonyl (C=O) groups excluding carboxylic acids is 4. The fourth-order valence-corrected chi connectivity index (χ4v) is 7.50. The lowest BCUT2D eigenvalue weighted by atomic mass is 9.50. The Kier molecular flexibility index (Phi) is 7.96. The summed E-state index contributed by atoms with van der Waals surface area (Å²) in [5.74, 6) is -6.43. The zero-order valence-electron chi connectivity index (χ0n) is 25.7. The third kappa shape index (κ3) is 5.08. The predicted octanol–water partition coefficient (Wildman–Crippen LogP) is 1.45. The molecule has 1 fully saturated rings. The zero-order valence-corrected chi connectivity index (χ0v) is 25.7. The van der Waals surface area contributed by atoms with Gasteiger partial charge in [-0.1, -0.05) is 36.4 Å². The zero-order chi connectivity index (χ0) is 33.8. The molecule has 0 aromatic heterocycles. The number of aromatic hydroxyl groups is 1. The van der Waals surface area contributed by atoms with Crippen molar-refractivity contribution >= 4 is 29.8 Å². The minimum absolute atomic E-state index is 0.0308. The maximum atomic E-state index is 13.9. The number of likely N-dealkylation sites (N-methyl/N-ethyl adjacent to an activating group) is 1. The topological polar surface area (TPSA) is 195 Å². The summed E-state index contributed by atoms with van der Waals surface area (Å²) in [6.45, 7) is 2.41. The lowest BCUT2D eigenvalue weighted by molar-refractivity contribution is -0.194. The molecule has 0 unspecified atom stereocenters. The van der Waals surface area contributed by atoms with Crippen molar-refractivity contribution in [1.82, 2.24) is 4.90 Å². The second-order valence-electron chi connectivity index (χ2n) is 12.1. The Morgan fingerprint density at radius 3 is 2.30 bits per heavy atom. The molecule has 2 aromatic rings. The van der Waals surface area contributed by atoms with Gasteiger partial charge in [0.25, 0.3) is 0 Å². The molecule has 2 aliphatic carbocycles. The quantitative estimate of drug-likeness (QED) is 0.260. The van der Waals surface area contributed by atoms with Crippen LogP contribution in [0.2, 0.25) is 0 Å². The molecule has 4 aliphatic rings. The maximum absolute atomic E-state index is 13.9. The molecule has 0 saturated carbocycles. The van der Waals surface area contributed by atoms with Gasteiger partial charge in [0.15, 0.2) is 17.6 Å². The Labute approximate surface area is 268 Å². The van der Waals surface area contributed by atoms with Gasteiger partial charge in [0.05, 0.1) is 11.0 Å². The van der Waals surface area contributed by atoms with Gasteiger partial charge in [-0.15, -0.1) is 0 Å². The van der Waals surface area contributed by atoms with Crippen LogP contribution < -0.4 is 4.74 Å². The number of hydrogen-bond donors (Lipinski definition) is 3. The maximum Gasteiger partial charge on any atom is 0.357 e. The first-order valence-corrected chi connectivity index (χ1v) is 15.0. The van der Waals surface area contributed by atoms with Crippen LogP contribution in [0.1, 0.15) is 49.5 Å². The van der Waals surface area contributed by atoms with E-state index in [1.807, 2.05) is 13.1 Å². The van der Waals surface area contributed by atoms with Gasteiger partial charge in [-0.3, -0.25) is 9.59 Å². The number of phenols is 1. The highest BCUT2D eigenvalue weighted by atomic mass is 16.6. The predicted molar refractivity (Wildman–Crippen MR) is 157 cm³/mol. The molecule has 1 saturated heterocycles. The van der Waals surface area contributed by atoms with Crippen LogP contribution in [0.4, 0.5) is 0 Å². The summed E-state index contributed by atoms with van der Waals surface area (Å²) in [5.41, 5.74) is -0.671. The van der Waals surface area contributed by atoms with Gasteiger partial charge in [0.1, 0.15) is 5.76 Å². The molecule has 14 nitrogen and oxygen atoms in total. The number of carboxylic acids is 1. The molecule has 2 heterocycles. The average Bonchev–Trinajstić information content (AvgIpc) is 3.38. The fourth-order valence-electron chi connectivity index (χ4n) is 7.50. The van der Waals surface area contributed by atoms with E-state index in [4.69, 9.17) is 23.7 Å². The first-order valence-electron chi connectivity index (χ1n) is 15.0. The summed E-state index contributed by atoms with van der Waals surface area (Å²) < 4.78 is 27.3. The van der Waals surface area contributed by atoms with Crippen LogP contribution in [0, 0.1) is 0 Å². The summed E-state index contributed by atoms with van der Waals surface area (Å²) in [5, 5.41) is 32.8. The van der Waals surface area contributed by atoms with Crippen molar-refractivity contribution < 1.29 is 63.0 Å². The summed E-state index contributed by atoms with van der Waals surface area (Å²) in [6, 6.07) is 10.7. The van der Waals surface area contributed by atoms with Crippen molar-refractivity contribution in [2.24, 2.45) is 0 Å². The summed E-state index contributed by atoms with van der Waals surface area (Å²) >= 11 is 0. The van der Waals surface area contributed by atoms with Crippen LogP contribution in [-0.2, 0) is 54.8 Å². The number of aliphatic carboxylic acids is 1. The third-order valence-electron chi connectivity index (χ3n) is 9.46. The van der Waals surface area contributed by atoms with E-state index in [1.165, 1.54) is 18.2 Å². The molecule has 6 rings (SSSR count). The van der Waals surface area contributed by atoms with Gasteiger partial charge in [-0.2, -0.15) is 0 Å². The molecular weight excluding hydrogens is 618 g/mol. The van der Waals surface area contributed by atoms with E-state index < -0.39 is 65.3 Å². The van der Waals surface area contributed by atoms with E-state index in [0.717, 1.165) is 19.4 Å². The van der Waals surface area contributed by atoms with Crippen LogP contribution in [-0.4, -0.2) is 93.6 Å². The van der Waals surface area contributed by atoms with Gasteiger partial charge in [-0.25, -0.2) is 14.4 Å². The molecule has 1 spiro atoms. The normalized spacial score (nSPS) is 27.1. The number of carbonyl (C=O) groups is 5. The molecule has 0 amide bonds. The van der Waals surface area contributed by atoms with Gasteiger partial charge >= 0.3 is 29.8 Å². The number of ether oxygens (including phenoxy) is 5. The number of aliphatic hydroxyl groups is 1. The molecule has 2 aromatic carbocycles. The molecule has 2 aliphatic heterocycles. The highest BCUT2D eigenvalue weighted by molar-refractivity contribution is 5.90. The van der Waals surface area contributed by atoms with Gasteiger partial charge in [0, 0.05) is 37.4 Å². The number of rotatable bonds is 9. The number of carboxylic acid groups (broad SMARTS) is 1. The Morgan fingerprint density at radius 1 is 0.957 bits per heavy atom. The molecule has 3 N–H and O–H groups in total. The fraction of sp³-hybridized carbons (Fsp3) is 0.424. The number of piperidine rings is 1. The van der Waals surface area contributed by atoms with E-state index >= 15 is 0 Å². The van der Waals surface area contributed by atoms with Crippen LogP contribution in [0.5, 0.6) is 11.5 Å². The standard InChI is InChI=1S/C33H33NO13/c1-16(35)43-26(29(38)39)27(44-17(2)36)31(41)47-24(18-7-5-4-6-8-18)30(40)45-21-11-12-33(42)22-15-19-9-10-20(37)25-23(19)32(33,28(21)46-25)13-14-34(22)3/h4-11,22,24,26-28,37,42H,12-15H2,1-3H3,(H,38,39)/t22-,24+,26-,27-,28+,32+,33-/m1/s1. The van der Waals surface area contributed by atoms with E-state index in [1.54, 1.807) is 24.3 Å². The Morgan fingerprint density at radius 2 is 1.64 bits per heavy atom. The number of nitrogens with zero attached hydrogens (tertiary/aromatic N) is 1. The van der Waals surface area contributed by atoms with Crippen LogP contribution >= 0.6 is 0 Å². The highest BCUT2D eigenvalue weighted by Gasteiger charge is 2.72. The lowest BCUT2D eigenvalue weighted by Gasteiger charge is -2.61. The van der Waals surface area contributed by atoms with Gasteiger partial charge in [0.2, 0.25) is 18.3 Å². The monoisotopic (exact) mass is 651 g/mol. The van der Waals surface area contributed by atoms with Gasteiger partial charge < -0.3 is 43.9 Å². The van der Waals surface area contributed by atoms with Crippen molar-refractivity contribution in [3.05, 3.63) is 71.0 Å². The number of phenolic OH excluding ortho intramolecular Hbond substituents is 1. The summed E-state index contributed by atoms with van der Waals surface area (Å²) in [6.07, 6.45) is -4.78. The molecular formula is C33H33NO13. The minimum Gasteiger partial charge on any atom is -0.504 e. The Balaban J connectivity index is 1.34. The summed E-state index contributed by atoms with van der Waals surface area (Å²) in [7, 11) is 1.93. The number of esters is 4. The first-order chi connectivity index (χ1) is 22.3. The molecule has 47 heavy (non-hydrogen) atoms. The third-order valence-corrected chi connectivity index (χ3v) is 9.46. The highest BCUT2D eigenvalue weighted by Crippen LogP contribution is 2.65. The number of hydrogen-bond acceptors (Lipinski definition) is 13. The number of likely N-dealkylation sites (tertiary alicyclic amines) is 1. The van der Waals surface area contributed by atoms with Crippen LogP contribution in [0.15, 0.2) is 54.3 Å². The second-order valence-corrected chi connectivity index (χ2v) is 12.1. The molecule has 0 radical (unpaired) electrons. The Bertz CT molecular complexity index is 1690. The smallest absolute Gasteiger partial charge is 0.357 e. The first kappa shape index (κ1) is 32.0. The van der Waals surface area contributed by atoms with Crippen molar-refractivity contribution in [3.63, 3.8) is 0 Å². The summed E-state index contributed by atoms with van der Waals surface area (Å²) in [4.78, 5) is 64.7. The second kappa shape index (κ2) is 11.7. The van der Waals surface area contributed by atoms with Crippen LogP contribution in [0.3, 0.4) is 0 Å². The van der Waals surface area contributed by atoms with Gasteiger partial charge in [-0.05, 0) is 44.1 Å². The molecule has 248 valence electrons. The van der Waals surface area contributed by atoms with E-state index in [9.17, 15) is 39.3 Å². The average molecular weight is 652 g/mol. The van der Waals surface area contributed by atoms with E-state index in [2.05, 4.69) is 4.90 Å².